The van der Waals surface area contributed by atoms with Gasteiger partial charge in [0.15, 0.2) is 11.5 Å². The summed E-state index contributed by atoms with van der Waals surface area (Å²) in [6.45, 7) is 0.981. The Morgan fingerprint density at radius 3 is 2.59 bits per heavy atom. The van der Waals surface area contributed by atoms with E-state index in [2.05, 4.69) is 0 Å². The standard InChI is InChI=1S/C22H24N2O5/c1-27-14-24-18-12-20(29-13-15-7-4-3-5-8-15)19(28-2)11-16(18)21(25)23-10-6-9-17(23)22(24)26/h3-5,7-8,11-12,17H,6,9-10,13-14H2,1-2H3/t17-/m0/s1. The molecular formula is C22H24N2O5. The molecule has 0 unspecified atom stereocenters. The molecule has 0 N–H and O–H groups in total. The van der Waals surface area contributed by atoms with E-state index >= 15 is 0 Å². The van der Waals surface area contributed by atoms with Gasteiger partial charge in [0.1, 0.15) is 19.4 Å². The van der Waals surface area contributed by atoms with E-state index in [1.165, 1.54) is 19.1 Å². The maximum Gasteiger partial charge on any atom is 0.256 e. The Balaban J connectivity index is 1.75. The smallest absolute Gasteiger partial charge is 0.256 e. The third kappa shape index (κ3) is 3.53. The van der Waals surface area contributed by atoms with Crippen molar-refractivity contribution in [3.63, 3.8) is 0 Å². The van der Waals surface area contributed by atoms with Crippen LogP contribution in [0.2, 0.25) is 0 Å². The van der Waals surface area contributed by atoms with Gasteiger partial charge in [-0.25, -0.2) is 0 Å². The van der Waals surface area contributed by atoms with E-state index in [1.54, 1.807) is 17.0 Å². The highest BCUT2D eigenvalue weighted by Gasteiger charge is 2.42. The summed E-state index contributed by atoms with van der Waals surface area (Å²) in [7, 11) is 3.07. The molecule has 2 aliphatic rings. The molecule has 2 aliphatic heterocycles. The fourth-order valence-corrected chi connectivity index (χ4v) is 3.93. The summed E-state index contributed by atoms with van der Waals surface area (Å²) in [6, 6.07) is 12.7. The van der Waals surface area contributed by atoms with Gasteiger partial charge in [-0.1, -0.05) is 30.3 Å². The Hall–Kier alpha value is -3.06. The number of carbonyl (C=O) groups is 2. The Bertz CT molecular complexity index is 915. The van der Waals surface area contributed by atoms with E-state index in [4.69, 9.17) is 14.2 Å². The lowest BCUT2D eigenvalue weighted by molar-refractivity contribution is -0.123. The van der Waals surface area contributed by atoms with Gasteiger partial charge < -0.3 is 19.1 Å². The van der Waals surface area contributed by atoms with Crippen LogP contribution >= 0.6 is 0 Å². The fraction of sp³-hybridized carbons (Fsp3) is 0.364. The SMILES string of the molecule is COCN1C(=O)[C@@H]2CCCN2C(=O)c2cc(OC)c(OCc3ccccc3)cc21. The van der Waals surface area contributed by atoms with Gasteiger partial charge in [0, 0.05) is 19.7 Å². The first-order chi connectivity index (χ1) is 14.1. The minimum Gasteiger partial charge on any atom is -0.493 e. The molecule has 0 radical (unpaired) electrons. The number of anilines is 1. The molecule has 4 rings (SSSR count). The van der Waals surface area contributed by atoms with Crippen LogP contribution in [0, 0.1) is 0 Å². The summed E-state index contributed by atoms with van der Waals surface area (Å²) < 4.78 is 16.8. The van der Waals surface area contributed by atoms with Crippen molar-refractivity contribution in [2.24, 2.45) is 0 Å². The number of rotatable bonds is 6. The summed E-state index contributed by atoms with van der Waals surface area (Å²) in [5.41, 5.74) is 1.91. The minimum absolute atomic E-state index is 0.0634. The van der Waals surface area contributed by atoms with E-state index in [9.17, 15) is 9.59 Å². The highest BCUT2D eigenvalue weighted by Crippen LogP contribution is 2.40. The summed E-state index contributed by atoms with van der Waals surface area (Å²) in [5.74, 6) is 0.632. The molecule has 0 saturated carbocycles. The number of nitrogens with zero attached hydrogens (tertiary/aromatic N) is 2. The second-order valence-corrected chi connectivity index (χ2v) is 7.14. The van der Waals surface area contributed by atoms with Crippen molar-refractivity contribution in [1.82, 2.24) is 4.90 Å². The number of hydrogen-bond donors (Lipinski definition) is 0. The van der Waals surface area contributed by atoms with E-state index in [0.29, 0.717) is 42.3 Å². The van der Waals surface area contributed by atoms with Crippen molar-refractivity contribution in [3.8, 4) is 11.5 Å². The lowest BCUT2D eigenvalue weighted by atomic mass is 10.1. The summed E-state index contributed by atoms with van der Waals surface area (Å²) in [5, 5.41) is 0. The molecule has 1 atom stereocenters. The molecule has 2 aromatic carbocycles. The maximum absolute atomic E-state index is 13.2. The lowest BCUT2D eigenvalue weighted by Crippen LogP contribution is -2.45. The second kappa shape index (κ2) is 8.13. The van der Waals surface area contributed by atoms with Gasteiger partial charge in [-0.15, -0.1) is 0 Å². The van der Waals surface area contributed by atoms with Crippen LogP contribution in [0.25, 0.3) is 0 Å². The molecule has 0 bridgehead atoms. The van der Waals surface area contributed by atoms with Crippen LogP contribution in [0.4, 0.5) is 5.69 Å². The third-order valence-electron chi connectivity index (χ3n) is 5.36. The van der Waals surface area contributed by atoms with Crippen molar-refractivity contribution >= 4 is 17.5 Å². The summed E-state index contributed by atoms with van der Waals surface area (Å²) in [6.07, 6.45) is 1.47. The van der Waals surface area contributed by atoms with Crippen molar-refractivity contribution in [2.75, 3.05) is 32.4 Å². The second-order valence-electron chi connectivity index (χ2n) is 7.14. The summed E-state index contributed by atoms with van der Waals surface area (Å²) in [4.78, 5) is 29.5. The zero-order valence-corrected chi connectivity index (χ0v) is 16.6. The zero-order valence-electron chi connectivity index (χ0n) is 16.6. The van der Waals surface area contributed by atoms with Gasteiger partial charge in [0.2, 0.25) is 0 Å². The van der Waals surface area contributed by atoms with Crippen molar-refractivity contribution < 1.29 is 23.8 Å². The average Bonchev–Trinajstić information content (AvgIpc) is 3.23. The van der Waals surface area contributed by atoms with E-state index in [-0.39, 0.29) is 18.5 Å². The molecule has 1 fully saturated rings. The molecule has 0 aromatic heterocycles. The summed E-state index contributed by atoms with van der Waals surface area (Å²) >= 11 is 0. The van der Waals surface area contributed by atoms with Gasteiger partial charge in [-0.05, 0) is 24.5 Å². The molecule has 0 aliphatic carbocycles. The lowest BCUT2D eigenvalue weighted by Gasteiger charge is -2.25. The van der Waals surface area contributed by atoms with Crippen molar-refractivity contribution in [2.45, 2.75) is 25.5 Å². The van der Waals surface area contributed by atoms with Gasteiger partial charge in [-0.2, -0.15) is 0 Å². The number of carbonyl (C=O) groups excluding carboxylic acids is 2. The fourth-order valence-electron chi connectivity index (χ4n) is 3.93. The van der Waals surface area contributed by atoms with E-state index in [1.807, 2.05) is 30.3 Å². The molecule has 0 spiro atoms. The first-order valence-corrected chi connectivity index (χ1v) is 9.64. The number of ether oxygens (including phenoxy) is 3. The van der Waals surface area contributed by atoms with Crippen LogP contribution in [0.15, 0.2) is 42.5 Å². The maximum atomic E-state index is 13.2. The highest BCUT2D eigenvalue weighted by atomic mass is 16.5. The molecule has 2 amide bonds. The molecule has 2 aromatic rings. The molecule has 29 heavy (non-hydrogen) atoms. The molecule has 1 saturated heterocycles. The predicted octanol–water partition coefficient (Wildman–Crippen LogP) is 2.83. The molecule has 2 heterocycles. The van der Waals surface area contributed by atoms with Gasteiger partial charge in [0.25, 0.3) is 11.8 Å². The Labute approximate surface area is 169 Å². The van der Waals surface area contributed by atoms with Crippen molar-refractivity contribution in [3.05, 3.63) is 53.6 Å². The van der Waals surface area contributed by atoms with Gasteiger partial charge in [-0.3, -0.25) is 14.5 Å². The third-order valence-corrected chi connectivity index (χ3v) is 5.36. The first kappa shape index (κ1) is 19.3. The van der Waals surface area contributed by atoms with Crippen LogP contribution in [0.3, 0.4) is 0 Å². The minimum atomic E-state index is -0.454. The number of methoxy groups -OCH3 is 2. The van der Waals surface area contributed by atoms with Crippen LogP contribution in [-0.2, 0) is 16.1 Å². The predicted molar refractivity (Wildman–Crippen MR) is 107 cm³/mol. The highest BCUT2D eigenvalue weighted by molar-refractivity contribution is 6.11. The van der Waals surface area contributed by atoms with Crippen LogP contribution in [-0.4, -0.2) is 50.3 Å². The number of amides is 2. The average molecular weight is 396 g/mol. The van der Waals surface area contributed by atoms with Crippen molar-refractivity contribution in [1.29, 1.82) is 0 Å². The normalized spacial score (nSPS) is 18.3. The quantitative estimate of drug-likeness (QED) is 0.751. The van der Waals surface area contributed by atoms with E-state index < -0.39 is 6.04 Å². The van der Waals surface area contributed by atoms with Crippen LogP contribution < -0.4 is 14.4 Å². The molecule has 7 nitrogen and oxygen atoms in total. The van der Waals surface area contributed by atoms with Gasteiger partial charge in [0.05, 0.1) is 18.4 Å². The monoisotopic (exact) mass is 396 g/mol. The Morgan fingerprint density at radius 1 is 1.07 bits per heavy atom. The molecule has 7 heteroatoms. The zero-order chi connectivity index (χ0) is 20.4. The van der Waals surface area contributed by atoms with Gasteiger partial charge >= 0.3 is 0 Å². The first-order valence-electron chi connectivity index (χ1n) is 9.64. The number of fused-ring (bicyclic) bond motifs is 2. The van der Waals surface area contributed by atoms with Crippen LogP contribution in [0.1, 0.15) is 28.8 Å². The van der Waals surface area contributed by atoms with Crippen LogP contribution in [0.5, 0.6) is 11.5 Å². The largest absolute Gasteiger partial charge is 0.493 e. The topological polar surface area (TPSA) is 68.3 Å². The molecule has 152 valence electrons. The van der Waals surface area contributed by atoms with E-state index in [0.717, 1.165) is 12.0 Å². The Kier molecular flexibility index (Phi) is 5.40. The number of benzene rings is 2. The Morgan fingerprint density at radius 2 is 1.86 bits per heavy atom. The number of hydrogen-bond acceptors (Lipinski definition) is 5. The molecular weight excluding hydrogens is 372 g/mol.